The van der Waals surface area contributed by atoms with Gasteiger partial charge in [-0.15, -0.1) is 0 Å². The number of rotatable bonds is 7. The van der Waals surface area contributed by atoms with Gasteiger partial charge < -0.3 is 4.74 Å². The van der Waals surface area contributed by atoms with Gasteiger partial charge in [0.25, 0.3) is 0 Å². The zero-order valence-corrected chi connectivity index (χ0v) is 12.9. The number of hydrogen-bond donors (Lipinski definition) is 0. The molecule has 2 rings (SSSR count). The van der Waals surface area contributed by atoms with Crippen LogP contribution in [0, 0.1) is 5.82 Å². The number of aryl methyl sites for hydroxylation is 1. The van der Waals surface area contributed by atoms with Gasteiger partial charge in [0.15, 0.2) is 0 Å². The molecule has 106 valence electrons. The second-order valence-corrected chi connectivity index (χ2v) is 5.31. The van der Waals surface area contributed by atoms with Gasteiger partial charge in [0.2, 0.25) is 0 Å². The van der Waals surface area contributed by atoms with Crippen molar-refractivity contribution in [1.29, 1.82) is 0 Å². The minimum Gasteiger partial charge on any atom is -0.373 e. The minimum absolute atomic E-state index is 0.0959. The number of benzene rings is 2. The van der Waals surface area contributed by atoms with Crippen molar-refractivity contribution in [1.82, 2.24) is 0 Å². The summed E-state index contributed by atoms with van der Waals surface area (Å²) >= 11 is 3.43. The van der Waals surface area contributed by atoms with Crippen molar-refractivity contribution < 1.29 is 9.13 Å². The lowest BCUT2D eigenvalue weighted by molar-refractivity contribution is 0.0680. The van der Waals surface area contributed by atoms with Crippen LogP contribution in [-0.2, 0) is 11.2 Å². The smallest absolute Gasteiger partial charge is 0.123 e. The molecule has 2 aromatic rings. The van der Waals surface area contributed by atoms with Gasteiger partial charge in [0.05, 0.1) is 6.10 Å². The predicted molar refractivity (Wildman–Crippen MR) is 83.7 cm³/mol. The highest BCUT2D eigenvalue weighted by molar-refractivity contribution is 9.09. The van der Waals surface area contributed by atoms with E-state index in [-0.39, 0.29) is 11.9 Å². The summed E-state index contributed by atoms with van der Waals surface area (Å²) in [5, 5.41) is 0.668. The fraction of sp³-hybridized carbons (Fsp3) is 0.294. The lowest BCUT2D eigenvalue weighted by atomic mass is 10.1. The van der Waals surface area contributed by atoms with Crippen LogP contribution in [0.25, 0.3) is 0 Å². The third-order valence-electron chi connectivity index (χ3n) is 3.13. The molecule has 1 atom stereocenters. The highest BCUT2D eigenvalue weighted by atomic mass is 79.9. The molecular weight excluding hydrogens is 319 g/mol. The Kier molecular flexibility index (Phi) is 6.22. The van der Waals surface area contributed by atoms with Crippen LogP contribution in [0.5, 0.6) is 0 Å². The average molecular weight is 337 g/mol. The molecule has 0 N–H and O–H groups in total. The van der Waals surface area contributed by atoms with Crippen molar-refractivity contribution in [3.8, 4) is 0 Å². The van der Waals surface area contributed by atoms with E-state index < -0.39 is 0 Å². The van der Waals surface area contributed by atoms with Gasteiger partial charge >= 0.3 is 0 Å². The monoisotopic (exact) mass is 336 g/mol. The minimum atomic E-state index is -0.221. The van der Waals surface area contributed by atoms with Gasteiger partial charge in [-0.3, -0.25) is 0 Å². The zero-order chi connectivity index (χ0) is 14.2. The highest BCUT2D eigenvalue weighted by Crippen LogP contribution is 2.21. The van der Waals surface area contributed by atoms with Gasteiger partial charge in [0, 0.05) is 11.9 Å². The van der Waals surface area contributed by atoms with Crippen molar-refractivity contribution in [3.05, 3.63) is 71.5 Å². The van der Waals surface area contributed by atoms with Crippen molar-refractivity contribution in [2.75, 3.05) is 11.9 Å². The summed E-state index contributed by atoms with van der Waals surface area (Å²) in [5.41, 5.74) is 2.19. The maximum atomic E-state index is 13.2. The van der Waals surface area contributed by atoms with Gasteiger partial charge in [-0.2, -0.15) is 0 Å². The molecule has 0 aromatic heterocycles. The molecular formula is C17H18BrFO. The fourth-order valence-corrected chi connectivity index (χ4v) is 2.64. The number of hydrogen-bond acceptors (Lipinski definition) is 1. The van der Waals surface area contributed by atoms with E-state index in [0.29, 0.717) is 11.9 Å². The first kappa shape index (κ1) is 15.2. The van der Waals surface area contributed by atoms with Crippen LogP contribution in [0.4, 0.5) is 4.39 Å². The molecule has 0 aliphatic rings. The lowest BCUT2D eigenvalue weighted by Crippen LogP contribution is -2.08. The first-order chi connectivity index (χ1) is 9.79. The summed E-state index contributed by atoms with van der Waals surface area (Å²) < 4.78 is 19.0. The zero-order valence-electron chi connectivity index (χ0n) is 11.3. The molecule has 0 amide bonds. The van der Waals surface area contributed by atoms with E-state index >= 15 is 0 Å². The third kappa shape index (κ3) is 4.73. The normalized spacial score (nSPS) is 12.3. The Morgan fingerprint density at radius 1 is 1.05 bits per heavy atom. The largest absolute Gasteiger partial charge is 0.373 e. The summed E-state index contributed by atoms with van der Waals surface area (Å²) in [6.07, 6.45) is 1.86. The summed E-state index contributed by atoms with van der Waals surface area (Å²) in [6, 6.07) is 16.9. The summed E-state index contributed by atoms with van der Waals surface area (Å²) in [5.74, 6) is -0.221. The Bertz CT molecular complexity index is 515. The molecule has 1 unspecified atom stereocenters. The van der Waals surface area contributed by atoms with E-state index in [2.05, 4.69) is 28.1 Å². The Labute approximate surface area is 127 Å². The number of alkyl halides is 1. The summed E-state index contributed by atoms with van der Waals surface area (Å²) in [6.45, 7) is 0.668. The molecule has 0 saturated carbocycles. The van der Waals surface area contributed by atoms with Crippen LogP contribution < -0.4 is 0 Å². The van der Waals surface area contributed by atoms with E-state index in [1.165, 1.54) is 17.7 Å². The highest BCUT2D eigenvalue weighted by Gasteiger charge is 2.10. The molecule has 2 aromatic carbocycles. The van der Waals surface area contributed by atoms with Gasteiger partial charge in [0.1, 0.15) is 5.82 Å². The fourth-order valence-electron chi connectivity index (χ4n) is 2.08. The summed E-state index contributed by atoms with van der Waals surface area (Å²) in [7, 11) is 0. The lowest BCUT2D eigenvalue weighted by Gasteiger charge is -2.16. The van der Waals surface area contributed by atoms with E-state index in [9.17, 15) is 4.39 Å². The molecule has 1 nitrogen and oxygen atoms in total. The first-order valence-electron chi connectivity index (χ1n) is 6.76. The first-order valence-corrected chi connectivity index (χ1v) is 7.88. The second kappa shape index (κ2) is 8.18. The summed E-state index contributed by atoms with van der Waals surface area (Å²) in [4.78, 5) is 0. The molecule has 0 saturated heterocycles. The SMILES string of the molecule is Fc1cccc(C(CBr)OCCCc2ccccc2)c1. The standard InChI is InChI=1S/C17H18BrFO/c18-13-17(15-9-4-10-16(19)12-15)20-11-5-8-14-6-2-1-3-7-14/h1-4,6-7,9-10,12,17H,5,8,11,13H2. The topological polar surface area (TPSA) is 9.23 Å². The van der Waals surface area contributed by atoms with Gasteiger partial charge in [-0.05, 0) is 36.1 Å². The molecule has 0 aliphatic carbocycles. The van der Waals surface area contributed by atoms with E-state index in [0.717, 1.165) is 18.4 Å². The molecule has 0 bridgehead atoms. The maximum absolute atomic E-state index is 13.2. The maximum Gasteiger partial charge on any atom is 0.123 e. The van der Waals surface area contributed by atoms with Crippen LogP contribution in [0.3, 0.4) is 0 Å². The third-order valence-corrected chi connectivity index (χ3v) is 3.72. The van der Waals surface area contributed by atoms with Crippen molar-refractivity contribution in [3.63, 3.8) is 0 Å². The number of ether oxygens (including phenoxy) is 1. The van der Waals surface area contributed by atoms with Crippen LogP contribution in [-0.4, -0.2) is 11.9 Å². The van der Waals surface area contributed by atoms with E-state index in [1.54, 1.807) is 6.07 Å². The Balaban J connectivity index is 1.80. The van der Waals surface area contributed by atoms with Crippen molar-refractivity contribution >= 4 is 15.9 Å². The Hall–Kier alpha value is -1.19. The van der Waals surface area contributed by atoms with Crippen LogP contribution >= 0.6 is 15.9 Å². The van der Waals surface area contributed by atoms with Crippen LogP contribution in [0.2, 0.25) is 0 Å². The predicted octanol–water partition coefficient (Wildman–Crippen LogP) is 4.91. The van der Waals surface area contributed by atoms with E-state index in [1.807, 2.05) is 24.3 Å². The Morgan fingerprint density at radius 3 is 2.55 bits per heavy atom. The molecule has 0 fully saturated rings. The molecule has 0 heterocycles. The molecule has 0 radical (unpaired) electrons. The van der Waals surface area contributed by atoms with Gasteiger partial charge in [-0.25, -0.2) is 4.39 Å². The average Bonchev–Trinajstić information content (AvgIpc) is 2.48. The second-order valence-electron chi connectivity index (χ2n) is 4.66. The molecule has 20 heavy (non-hydrogen) atoms. The molecule has 0 aliphatic heterocycles. The van der Waals surface area contributed by atoms with Crippen molar-refractivity contribution in [2.45, 2.75) is 18.9 Å². The van der Waals surface area contributed by atoms with Gasteiger partial charge in [-0.1, -0.05) is 58.4 Å². The quantitative estimate of drug-likeness (QED) is 0.515. The van der Waals surface area contributed by atoms with Crippen LogP contribution in [0.1, 0.15) is 23.7 Å². The van der Waals surface area contributed by atoms with E-state index in [4.69, 9.17) is 4.74 Å². The van der Waals surface area contributed by atoms with Crippen LogP contribution in [0.15, 0.2) is 54.6 Å². The van der Waals surface area contributed by atoms with Crippen molar-refractivity contribution in [2.24, 2.45) is 0 Å². The molecule has 0 spiro atoms. The number of halogens is 2. The Morgan fingerprint density at radius 2 is 1.85 bits per heavy atom. The molecule has 3 heteroatoms.